The Kier molecular flexibility index (Phi) is 5.97. The molecule has 2 aromatic carbocycles. The van der Waals surface area contributed by atoms with Crippen molar-refractivity contribution in [3.8, 4) is 11.5 Å². The Balaban J connectivity index is 1.70. The van der Waals surface area contributed by atoms with Crippen LogP contribution in [0, 0.1) is 12.7 Å². The van der Waals surface area contributed by atoms with Crippen molar-refractivity contribution in [1.29, 1.82) is 0 Å². The highest BCUT2D eigenvalue weighted by molar-refractivity contribution is 5.80. The zero-order valence-corrected chi connectivity index (χ0v) is 13.2. The summed E-state index contributed by atoms with van der Waals surface area (Å²) in [7, 11) is 0. The molecule has 1 amide bonds. The maximum Gasteiger partial charge on any atom is 0.260 e. The number of rotatable bonds is 7. The van der Waals surface area contributed by atoms with Gasteiger partial charge >= 0.3 is 0 Å². The number of carbonyl (C=O) groups excluding carboxylic acids is 1. The molecule has 0 heterocycles. The molecule has 0 bridgehead atoms. The average Bonchev–Trinajstić information content (AvgIpc) is 2.53. The van der Waals surface area contributed by atoms with Crippen molar-refractivity contribution in [3.63, 3.8) is 0 Å². The summed E-state index contributed by atoms with van der Waals surface area (Å²) in [6.07, 6.45) is -0.667. The van der Waals surface area contributed by atoms with Crippen LogP contribution < -0.4 is 14.8 Å². The highest BCUT2D eigenvalue weighted by Crippen LogP contribution is 2.13. The van der Waals surface area contributed by atoms with Crippen LogP contribution in [-0.4, -0.2) is 25.2 Å². The molecular weight excluding hydrogens is 297 g/mol. The van der Waals surface area contributed by atoms with Gasteiger partial charge in [0.2, 0.25) is 0 Å². The van der Waals surface area contributed by atoms with Gasteiger partial charge in [0.05, 0.1) is 6.54 Å². The zero-order valence-electron chi connectivity index (χ0n) is 13.2. The topological polar surface area (TPSA) is 47.6 Å². The molecule has 0 aromatic heterocycles. The van der Waals surface area contributed by atoms with Gasteiger partial charge in [0.1, 0.15) is 23.9 Å². The predicted octanol–water partition coefficient (Wildman–Crippen LogP) is 3.10. The Morgan fingerprint density at radius 1 is 1.17 bits per heavy atom. The van der Waals surface area contributed by atoms with Gasteiger partial charge in [-0.25, -0.2) is 4.39 Å². The predicted molar refractivity (Wildman–Crippen MR) is 86.2 cm³/mol. The van der Waals surface area contributed by atoms with Gasteiger partial charge in [-0.1, -0.05) is 12.1 Å². The molecule has 1 atom stereocenters. The number of benzene rings is 2. The minimum absolute atomic E-state index is 0.248. The second kappa shape index (κ2) is 8.17. The number of nitrogens with one attached hydrogen (secondary N) is 1. The van der Waals surface area contributed by atoms with Gasteiger partial charge in [0.25, 0.3) is 5.91 Å². The molecule has 1 unspecified atom stereocenters. The van der Waals surface area contributed by atoms with E-state index < -0.39 is 6.10 Å². The molecule has 0 saturated carbocycles. The quantitative estimate of drug-likeness (QED) is 0.798. The van der Waals surface area contributed by atoms with Gasteiger partial charge < -0.3 is 14.8 Å². The lowest BCUT2D eigenvalue weighted by molar-refractivity contribution is -0.127. The van der Waals surface area contributed by atoms with E-state index in [0.717, 1.165) is 11.3 Å². The standard InChI is InChI=1S/C18H20FNO3/c1-13-4-3-5-17(12-13)22-11-10-20-18(21)14(2)23-16-8-6-15(19)7-9-16/h3-9,12,14H,10-11H2,1-2H3,(H,20,21). The minimum Gasteiger partial charge on any atom is -0.492 e. The van der Waals surface area contributed by atoms with Crippen LogP contribution >= 0.6 is 0 Å². The van der Waals surface area contributed by atoms with Gasteiger partial charge in [-0.3, -0.25) is 4.79 Å². The van der Waals surface area contributed by atoms with Crippen LogP contribution in [-0.2, 0) is 4.79 Å². The van der Waals surface area contributed by atoms with Gasteiger partial charge in [0, 0.05) is 0 Å². The summed E-state index contributed by atoms with van der Waals surface area (Å²) in [5.41, 5.74) is 1.12. The van der Waals surface area contributed by atoms with E-state index in [2.05, 4.69) is 5.32 Å². The highest BCUT2D eigenvalue weighted by Gasteiger charge is 2.14. The van der Waals surface area contributed by atoms with E-state index in [-0.39, 0.29) is 11.7 Å². The van der Waals surface area contributed by atoms with Crippen LogP contribution in [0.5, 0.6) is 11.5 Å². The number of ether oxygens (including phenoxy) is 2. The van der Waals surface area contributed by atoms with E-state index in [4.69, 9.17) is 9.47 Å². The van der Waals surface area contributed by atoms with Crippen molar-refractivity contribution < 1.29 is 18.7 Å². The van der Waals surface area contributed by atoms with Crippen LogP contribution in [0.15, 0.2) is 48.5 Å². The monoisotopic (exact) mass is 317 g/mol. The first-order valence-electron chi connectivity index (χ1n) is 7.44. The van der Waals surface area contributed by atoms with Crippen molar-refractivity contribution in [2.45, 2.75) is 20.0 Å². The number of hydrogen-bond acceptors (Lipinski definition) is 3. The Morgan fingerprint density at radius 2 is 1.91 bits per heavy atom. The van der Waals surface area contributed by atoms with E-state index in [1.807, 2.05) is 31.2 Å². The van der Waals surface area contributed by atoms with E-state index in [9.17, 15) is 9.18 Å². The van der Waals surface area contributed by atoms with Crippen LogP contribution in [0.2, 0.25) is 0 Å². The zero-order chi connectivity index (χ0) is 16.7. The number of aryl methyl sites for hydroxylation is 1. The normalized spacial score (nSPS) is 11.6. The van der Waals surface area contributed by atoms with E-state index in [0.29, 0.717) is 18.9 Å². The smallest absolute Gasteiger partial charge is 0.260 e. The summed E-state index contributed by atoms with van der Waals surface area (Å²) >= 11 is 0. The Morgan fingerprint density at radius 3 is 2.61 bits per heavy atom. The molecule has 2 aromatic rings. The van der Waals surface area contributed by atoms with Crippen LogP contribution in [0.3, 0.4) is 0 Å². The number of halogens is 1. The fraction of sp³-hybridized carbons (Fsp3) is 0.278. The maximum atomic E-state index is 12.8. The number of carbonyl (C=O) groups is 1. The third-order valence-electron chi connectivity index (χ3n) is 3.16. The summed E-state index contributed by atoms with van der Waals surface area (Å²) in [6.45, 7) is 4.38. The molecule has 0 spiro atoms. The molecular formula is C18H20FNO3. The van der Waals surface area contributed by atoms with Crippen molar-refractivity contribution >= 4 is 5.91 Å². The maximum absolute atomic E-state index is 12.8. The Bertz CT molecular complexity index is 643. The molecule has 0 saturated heterocycles. The van der Waals surface area contributed by atoms with Crippen molar-refractivity contribution in [1.82, 2.24) is 5.32 Å². The number of amides is 1. The third kappa shape index (κ3) is 5.62. The molecule has 0 fully saturated rings. The van der Waals surface area contributed by atoms with Crippen LogP contribution in [0.4, 0.5) is 4.39 Å². The summed E-state index contributed by atoms with van der Waals surface area (Å²) in [4.78, 5) is 11.9. The third-order valence-corrected chi connectivity index (χ3v) is 3.16. The van der Waals surface area contributed by atoms with Gasteiger partial charge in [0.15, 0.2) is 6.10 Å². The van der Waals surface area contributed by atoms with Gasteiger partial charge in [-0.15, -0.1) is 0 Å². The molecule has 0 aliphatic carbocycles. The second-order valence-electron chi connectivity index (χ2n) is 5.17. The largest absolute Gasteiger partial charge is 0.492 e. The molecule has 23 heavy (non-hydrogen) atoms. The summed E-state index contributed by atoms with van der Waals surface area (Å²) in [5.74, 6) is 0.629. The summed E-state index contributed by atoms with van der Waals surface area (Å²) < 4.78 is 23.8. The molecule has 122 valence electrons. The fourth-order valence-corrected chi connectivity index (χ4v) is 1.96. The van der Waals surface area contributed by atoms with Crippen molar-refractivity contribution in [3.05, 3.63) is 59.9 Å². The minimum atomic E-state index is -0.667. The van der Waals surface area contributed by atoms with Crippen molar-refractivity contribution in [2.24, 2.45) is 0 Å². The molecule has 2 rings (SSSR count). The number of hydrogen-bond donors (Lipinski definition) is 1. The molecule has 5 heteroatoms. The first kappa shape index (κ1) is 16.8. The van der Waals surface area contributed by atoms with Crippen LogP contribution in [0.1, 0.15) is 12.5 Å². The van der Waals surface area contributed by atoms with Crippen LogP contribution in [0.25, 0.3) is 0 Å². The summed E-state index contributed by atoms with van der Waals surface area (Å²) in [5, 5.41) is 2.74. The Labute approximate surface area is 135 Å². The Hall–Kier alpha value is -2.56. The lowest BCUT2D eigenvalue weighted by atomic mass is 10.2. The average molecular weight is 317 g/mol. The van der Waals surface area contributed by atoms with E-state index in [1.165, 1.54) is 24.3 Å². The van der Waals surface area contributed by atoms with E-state index in [1.54, 1.807) is 6.92 Å². The van der Waals surface area contributed by atoms with Gasteiger partial charge in [-0.05, 0) is 55.8 Å². The lowest BCUT2D eigenvalue weighted by Crippen LogP contribution is -2.38. The fourth-order valence-electron chi connectivity index (χ4n) is 1.96. The molecule has 0 aliphatic heterocycles. The first-order chi connectivity index (χ1) is 11.0. The molecule has 4 nitrogen and oxygen atoms in total. The first-order valence-corrected chi connectivity index (χ1v) is 7.44. The van der Waals surface area contributed by atoms with Crippen molar-refractivity contribution in [2.75, 3.05) is 13.2 Å². The molecule has 1 N–H and O–H groups in total. The summed E-state index contributed by atoms with van der Waals surface area (Å²) in [6, 6.07) is 13.3. The molecule has 0 radical (unpaired) electrons. The highest BCUT2D eigenvalue weighted by atomic mass is 19.1. The SMILES string of the molecule is Cc1cccc(OCCNC(=O)C(C)Oc2ccc(F)cc2)c1. The van der Waals surface area contributed by atoms with E-state index >= 15 is 0 Å². The molecule has 0 aliphatic rings. The lowest BCUT2D eigenvalue weighted by Gasteiger charge is -2.15. The van der Waals surface area contributed by atoms with Gasteiger partial charge in [-0.2, -0.15) is 0 Å². The second-order valence-corrected chi connectivity index (χ2v) is 5.17.